The van der Waals surface area contributed by atoms with Crippen molar-refractivity contribution in [3.63, 3.8) is 0 Å². The van der Waals surface area contributed by atoms with Crippen LogP contribution < -0.4 is 10.1 Å². The molecule has 36 heavy (non-hydrogen) atoms. The van der Waals surface area contributed by atoms with Gasteiger partial charge in [-0.3, -0.25) is 9.59 Å². The van der Waals surface area contributed by atoms with Crippen LogP contribution in [0.25, 0.3) is 6.08 Å². The summed E-state index contributed by atoms with van der Waals surface area (Å²) >= 11 is 0. The molecule has 0 spiro atoms. The molecule has 2 aliphatic heterocycles. The first-order chi connectivity index (χ1) is 17.0. The molecule has 198 valence electrons. The molecule has 13 nitrogen and oxygen atoms in total. The Balaban J connectivity index is 1.46. The summed E-state index contributed by atoms with van der Waals surface area (Å²) in [4.78, 5) is 24.3. The highest BCUT2D eigenvalue weighted by atomic mass is 16.7. The van der Waals surface area contributed by atoms with Gasteiger partial charge in [0.25, 0.3) is 0 Å². The molecule has 3 fully saturated rings. The molecule has 1 saturated carbocycles. The Bertz CT molecular complexity index is 1030. The number of rotatable bonds is 6. The lowest BCUT2D eigenvalue weighted by Gasteiger charge is -2.41. The van der Waals surface area contributed by atoms with Crippen molar-refractivity contribution < 1.29 is 59.2 Å². The van der Waals surface area contributed by atoms with Gasteiger partial charge in [0.15, 0.2) is 17.3 Å². The second-order valence-corrected chi connectivity index (χ2v) is 9.04. The predicted octanol–water partition coefficient (Wildman–Crippen LogP) is -2.47. The third-order valence-electron chi connectivity index (χ3n) is 6.49. The molecule has 7 N–H and O–H groups in total. The van der Waals surface area contributed by atoms with E-state index in [1.54, 1.807) is 0 Å². The molecule has 3 aliphatic rings. The molecular formula is C23H29NO12. The average molecular weight is 511 g/mol. The number of benzene rings is 1. The minimum atomic E-state index is -1.54. The number of amides is 1. The first-order valence-electron chi connectivity index (χ1n) is 11.3. The van der Waals surface area contributed by atoms with Gasteiger partial charge in [-0.1, -0.05) is 6.07 Å². The molecule has 0 bridgehead atoms. The van der Waals surface area contributed by atoms with Crippen LogP contribution in [0, 0.1) is 0 Å². The number of aromatic hydroxyl groups is 1. The molecule has 2 saturated heterocycles. The predicted molar refractivity (Wildman–Crippen MR) is 118 cm³/mol. The van der Waals surface area contributed by atoms with E-state index >= 15 is 0 Å². The van der Waals surface area contributed by atoms with E-state index in [9.17, 15) is 40.2 Å². The SMILES string of the molecule is CC(=O)[C@H]1O[C@@H](Oc2cc(/C=C(\C)C(=O)N[C@H]3[C@@H](O)[C@H](O)[C@@H]4OCO[C@@H]4[C@H]3O)ccc2O)[C@H](O)[C@H]1O. The van der Waals surface area contributed by atoms with Crippen LogP contribution >= 0.6 is 0 Å². The Morgan fingerprint density at radius 3 is 2.28 bits per heavy atom. The number of aliphatic hydroxyl groups is 5. The summed E-state index contributed by atoms with van der Waals surface area (Å²) in [6, 6.07) is 2.87. The maximum absolute atomic E-state index is 12.8. The maximum atomic E-state index is 12.8. The third-order valence-corrected chi connectivity index (χ3v) is 6.49. The van der Waals surface area contributed by atoms with Crippen LogP contribution in [-0.4, -0.2) is 110 Å². The van der Waals surface area contributed by atoms with E-state index in [4.69, 9.17) is 18.9 Å². The van der Waals surface area contributed by atoms with Crippen molar-refractivity contribution in [3.05, 3.63) is 29.3 Å². The number of ether oxygens (including phenoxy) is 4. The fourth-order valence-electron chi connectivity index (χ4n) is 4.46. The van der Waals surface area contributed by atoms with E-state index in [-0.39, 0.29) is 23.9 Å². The van der Waals surface area contributed by atoms with Crippen molar-refractivity contribution in [1.29, 1.82) is 0 Å². The van der Waals surface area contributed by atoms with Crippen molar-refractivity contribution in [2.75, 3.05) is 6.79 Å². The summed E-state index contributed by atoms with van der Waals surface area (Å²) < 4.78 is 21.2. The molecule has 0 aromatic heterocycles. The molecule has 4 rings (SSSR count). The molecule has 13 heteroatoms. The Morgan fingerprint density at radius 2 is 1.64 bits per heavy atom. The average Bonchev–Trinajstić information content (AvgIpc) is 3.43. The van der Waals surface area contributed by atoms with Gasteiger partial charge < -0.3 is 54.9 Å². The molecule has 1 aliphatic carbocycles. The summed E-state index contributed by atoms with van der Waals surface area (Å²) in [7, 11) is 0. The molecule has 0 unspecified atom stereocenters. The van der Waals surface area contributed by atoms with Crippen LogP contribution in [0.1, 0.15) is 19.4 Å². The molecule has 0 radical (unpaired) electrons. The summed E-state index contributed by atoms with van der Waals surface area (Å²) in [5.74, 6) is -1.61. The lowest BCUT2D eigenvalue weighted by Crippen LogP contribution is -2.67. The maximum Gasteiger partial charge on any atom is 0.247 e. The zero-order chi connectivity index (χ0) is 26.3. The Hall–Kier alpha value is -2.62. The number of carbonyl (C=O) groups is 2. The van der Waals surface area contributed by atoms with Crippen LogP contribution in [-0.2, 0) is 23.8 Å². The number of carbonyl (C=O) groups excluding carboxylic acids is 2. The number of aliphatic hydroxyl groups excluding tert-OH is 5. The minimum absolute atomic E-state index is 0.136. The van der Waals surface area contributed by atoms with Crippen LogP contribution in [0.15, 0.2) is 23.8 Å². The van der Waals surface area contributed by atoms with E-state index in [0.717, 1.165) is 0 Å². The normalized spacial score (nSPS) is 38.5. The van der Waals surface area contributed by atoms with Crippen LogP contribution in [0.5, 0.6) is 11.5 Å². The van der Waals surface area contributed by atoms with Gasteiger partial charge in [0.05, 0.1) is 6.04 Å². The van der Waals surface area contributed by atoms with Gasteiger partial charge in [0.2, 0.25) is 12.2 Å². The van der Waals surface area contributed by atoms with Gasteiger partial charge in [-0.2, -0.15) is 0 Å². The van der Waals surface area contributed by atoms with Crippen LogP contribution in [0.2, 0.25) is 0 Å². The number of Topliss-reactive ketones (excluding diaryl/α,β-unsaturated/α-hetero) is 1. The first-order valence-corrected chi connectivity index (χ1v) is 11.3. The second kappa shape index (κ2) is 10.4. The highest BCUT2D eigenvalue weighted by molar-refractivity contribution is 5.97. The van der Waals surface area contributed by atoms with Gasteiger partial charge in [0, 0.05) is 5.57 Å². The topological polar surface area (TPSA) is 204 Å². The van der Waals surface area contributed by atoms with Crippen molar-refractivity contribution >= 4 is 17.8 Å². The van der Waals surface area contributed by atoms with E-state index < -0.39 is 72.9 Å². The number of phenolic OH excluding ortho intramolecular Hbond substituents is 1. The lowest BCUT2D eigenvalue weighted by molar-refractivity contribution is -0.155. The molecule has 1 aromatic carbocycles. The van der Waals surface area contributed by atoms with Gasteiger partial charge in [-0.25, -0.2) is 0 Å². The van der Waals surface area contributed by atoms with Crippen molar-refractivity contribution in [3.8, 4) is 11.5 Å². The smallest absolute Gasteiger partial charge is 0.247 e. The van der Waals surface area contributed by atoms with Crippen molar-refractivity contribution in [2.45, 2.75) is 75.0 Å². The lowest BCUT2D eigenvalue weighted by atomic mass is 9.83. The van der Waals surface area contributed by atoms with E-state index in [1.807, 2.05) is 0 Å². The fraction of sp³-hybridized carbons (Fsp3) is 0.565. The molecule has 10 atom stereocenters. The van der Waals surface area contributed by atoms with Gasteiger partial charge in [-0.05, 0) is 37.6 Å². The summed E-state index contributed by atoms with van der Waals surface area (Å²) in [5, 5.41) is 63.9. The first kappa shape index (κ1) is 26.4. The number of ketones is 1. The van der Waals surface area contributed by atoms with E-state index in [1.165, 1.54) is 38.1 Å². The number of hydrogen-bond acceptors (Lipinski definition) is 12. The Morgan fingerprint density at radius 1 is 0.972 bits per heavy atom. The molecular weight excluding hydrogens is 482 g/mol. The number of fused-ring (bicyclic) bond motifs is 1. The molecule has 1 amide bonds. The standard InChI is InChI=1S/C23H29NO12/c1-8(22(32)24-13-14(27)16(29)21-20(15(13)28)33-7-34-21)5-10-3-4-11(26)12(6-10)35-23-18(31)17(30)19(36-23)9(2)25/h3-6,13-21,23,26-31H,7H2,1-2H3,(H,24,32)/b8-5+/t13-,14+,15-,16-,17+,18+,19+,20+,21-,23+/m0/s1. The number of nitrogens with one attached hydrogen (secondary N) is 1. The molecule has 2 heterocycles. The van der Waals surface area contributed by atoms with Gasteiger partial charge >= 0.3 is 0 Å². The van der Waals surface area contributed by atoms with E-state index in [0.29, 0.717) is 5.56 Å². The van der Waals surface area contributed by atoms with Gasteiger partial charge in [0.1, 0.15) is 55.6 Å². The monoisotopic (exact) mass is 511 g/mol. The highest BCUT2D eigenvalue weighted by Crippen LogP contribution is 2.33. The van der Waals surface area contributed by atoms with E-state index in [2.05, 4.69) is 5.32 Å². The second-order valence-electron chi connectivity index (χ2n) is 9.04. The largest absolute Gasteiger partial charge is 0.504 e. The molecule has 1 aromatic rings. The van der Waals surface area contributed by atoms with Crippen LogP contribution in [0.4, 0.5) is 0 Å². The fourth-order valence-corrected chi connectivity index (χ4v) is 4.46. The van der Waals surface area contributed by atoms with Crippen molar-refractivity contribution in [1.82, 2.24) is 5.32 Å². The van der Waals surface area contributed by atoms with Gasteiger partial charge in [-0.15, -0.1) is 0 Å². The summed E-state index contributed by atoms with van der Waals surface area (Å²) in [6.07, 6.45) is -10.3. The Labute approximate surface area is 205 Å². The zero-order valence-corrected chi connectivity index (χ0v) is 19.4. The summed E-state index contributed by atoms with van der Waals surface area (Å²) in [6.45, 7) is 2.51. The number of phenols is 1. The Kier molecular flexibility index (Phi) is 7.64. The minimum Gasteiger partial charge on any atom is -0.504 e. The quantitative estimate of drug-likeness (QED) is 0.199. The van der Waals surface area contributed by atoms with Crippen LogP contribution in [0.3, 0.4) is 0 Å². The number of hydrogen-bond donors (Lipinski definition) is 7. The summed E-state index contributed by atoms with van der Waals surface area (Å²) in [5.41, 5.74) is 0.541. The zero-order valence-electron chi connectivity index (χ0n) is 19.4. The third kappa shape index (κ3) is 4.96. The van der Waals surface area contributed by atoms with Crippen molar-refractivity contribution in [2.24, 2.45) is 0 Å². The highest BCUT2D eigenvalue weighted by Gasteiger charge is 2.53.